The summed E-state index contributed by atoms with van der Waals surface area (Å²) in [4.78, 5) is 14.4. The number of benzene rings is 1. The van der Waals surface area contributed by atoms with Crippen molar-refractivity contribution in [2.45, 2.75) is 32.7 Å². The second kappa shape index (κ2) is 7.70. The van der Waals surface area contributed by atoms with Crippen molar-refractivity contribution in [3.05, 3.63) is 36.4 Å². The number of piperidine rings is 1. The van der Waals surface area contributed by atoms with E-state index < -0.39 is 0 Å². The molecule has 134 valence electrons. The number of rotatable bonds is 4. The normalized spacial score (nSPS) is 17.8. The van der Waals surface area contributed by atoms with Crippen LogP contribution >= 0.6 is 0 Å². The maximum atomic E-state index is 12.6. The Morgan fingerprint density at radius 2 is 2.12 bits per heavy atom. The van der Waals surface area contributed by atoms with Gasteiger partial charge in [-0.3, -0.25) is 5.32 Å². The molecule has 0 radical (unpaired) electrons. The van der Waals surface area contributed by atoms with E-state index in [9.17, 15) is 9.90 Å². The van der Waals surface area contributed by atoms with Crippen LogP contribution in [0, 0.1) is 5.92 Å². The molecule has 0 aliphatic carbocycles. The number of carbonyl (C=O) groups excluding carboxylic acids is 1. The van der Waals surface area contributed by atoms with Crippen molar-refractivity contribution >= 4 is 11.8 Å². The summed E-state index contributed by atoms with van der Waals surface area (Å²) in [5.74, 6) is 0.874. The summed E-state index contributed by atoms with van der Waals surface area (Å²) in [6, 6.07) is 11.9. The van der Waals surface area contributed by atoms with Gasteiger partial charge in [-0.05, 0) is 32.6 Å². The average molecular weight is 342 g/mol. The number of amides is 2. The highest BCUT2D eigenvalue weighted by Crippen LogP contribution is 2.25. The Morgan fingerprint density at radius 3 is 2.80 bits per heavy atom. The van der Waals surface area contributed by atoms with Gasteiger partial charge in [0.15, 0.2) is 0 Å². The number of nitrogens with zero attached hydrogens (tertiary/aromatic N) is 3. The van der Waals surface area contributed by atoms with Gasteiger partial charge < -0.3 is 10.0 Å². The Morgan fingerprint density at radius 1 is 1.36 bits per heavy atom. The molecule has 1 aliphatic rings. The fraction of sp³-hybridized carbons (Fsp3) is 0.474. The van der Waals surface area contributed by atoms with Gasteiger partial charge in [0, 0.05) is 37.4 Å². The zero-order chi connectivity index (χ0) is 17.8. The third-order valence-electron chi connectivity index (χ3n) is 4.59. The topological polar surface area (TPSA) is 70.4 Å². The number of anilines is 1. The van der Waals surface area contributed by atoms with Gasteiger partial charge in [-0.15, -0.1) is 0 Å². The predicted molar refractivity (Wildman–Crippen MR) is 98.4 cm³/mol. The van der Waals surface area contributed by atoms with Gasteiger partial charge in [0.1, 0.15) is 5.82 Å². The molecule has 1 atom stereocenters. The first-order valence-electron chi connectivity index (χ1n) is 8.90. The molecule has 1 aromatic heterocycles. The van der Waals surface area contributed by atoms with Crippen LogP contribution in [0.25, 0.3) is 11.3 Å². The number of hydrogen-bond donors (Lipinski definition) is 2. The summed E-state index contributed by atoms with van der Waals surface area (Å²) >= 11 is 0. The van der Waals surface area contributed by atoms with Gasteiger partial charge in [-0.25, -0.2) is 9.48 Å². The van der Waals surface area contributed by atoms with E-state index in [1.165, 1.54) is 0 Å². The predicted octanol–water partition coefficient (Wildman–Crippen LogP) is 3.37. The van der Waals surface area contributed by atoms with E-state index in [0.717, 1.165) is 30.6 Å². The Kier molecular flexibility index (Phi) is 5.38. The number of aliphatic hydroxyl groups excluding tert-OH is 1. The second-order valence-corrected chi connectivity index (χ2v) is 6.89. The van der Waals surface area contributed by atoms with Gasteiger partial charge in [-0.1, -0.05) is 30.3 Å². The van der Waals surface area contributed by atoms with Crippen molar-refractivity contribution in [2.75, 3.05) is 25.0 Å². The van der Waals surface area contributed by atoms with Crippen molar-refractivity contribution in [3.8, 4) is 11.3 Å². The number of aliphatic hydroxyl groups is 1. The lowest BCUT2D eigenvalue weighted by molar-refractivity contribution is 0.136. The molecule has 2 heterocycles. The molecule has 1 aromatic carbocycles. The molecule has 25 heavy (non-hydrogen) atoms. The van der Waals surface area contributed by atoms with Crippen LogP contribution in [0.4, 0.5) is 10.6 Å². The van der Waals surface area contributed by atoms with E-state index in [1.54, 1.807) is 4.90 Å². The first kappa shape index (κ1) is 17.5. The van der Waals surface area contributed by atoms with Gasteiger partial charge >= 0.3 is 6.03 Å². The highest BCUT2D eigenvalue weighted by molar-refractivity contribution is 5.89. The SMILES string of the molecule is CC(C)n1nc(-c2ccccc2)cc1NC(=O)N1CCC[C@H](CO)C1. The Labute approximate surface area is 148 Å². The minimum Gasteiger partial charge on any atom is -0.396 e. The lowest BCUT2D eigenvalue weighted by Gasteiger charge is -2.31. The Hall–Kier alpha value is -2.34. The fourth-order valence-corrected chi connectivity index (χ4v) is 3.22. The van der Waals surface area contributed by atoms with Crippen LogP contribution in [0.2, 0.25) is 0 Å². The number of aromatic nitrogens is 2. The molecule has 1 saturated heterocycles. The molecule has 1 fully saturated rings. The second-order valence-electron chi connectivity index (χ2n) is 6.89. The lowest BCUT2D eigenvalue weighted by Crippen LogP contribution is -2.43. The largest absolute Gasteiger partial charge is 0.396 e. The van der Waals surface area contributed by atoms with E-state index in [0.29, 0.717) is 12.4 Å². The van der Waals surface area contributed by atoms with Crippen molar-refractivity contribution in [2.24, 2.45) is 5.92 Å². The molecule has 0 spiro atoms. The standard InChI is InChI=1S/C19H26N4O2/c1-14(2)23-18(11-17(21-23)16-8-4-3-5-9-16)20-19(25)22-10-6-7-15(12-22)13-24/h3-5,8-9,11,14-15,24H,6-7,10,12-13H2,1-2H3,(H,20,25)/t15-/m0/s1. The zero-order valence-electron chi connectivity index (χ0n) is 14.9. The summed E-state index contributed by atoms with van der Waals surface area (Å²) in [6.45, 7) is 5.54. The monoisotopic (exact) mass is 342 g/mol. The van der Waals surface area contributed by atoms with Crippen LogP contribution in [-0.4, -0.2) is 45.5 Å². The zero-order valence-corrected chi connectivity index (χ0v) is 14.9. The highest BCUT2D eigenvalue weighted by atomic mass is 16.3. The number of nitrogens with one attached hydrogen (secondary N) is 1. The molecule has 3 rings (SSSR count). The summed E-state index contributed by atoms with van der Waals surface area (Å²) in [7, 11) is 0. The quantitative estimate of drug-likeness (QED) is 0.895. The summed E-state index contributed by atoms with van der Waals surface area (Å²) in [5.41, 5.74) is 1.87. The minimum absolute atomic E-state index is 0.125. The Balaban J connectivity index is 1.79. The molecule has 0 bridgehead atoms. The molecule has 2 N–H and O–H groups in total. The van der Waals surface area contributed by atoms with Crippen LogP contribution in [0.3, 0.4) is 0 Å². The van der Waals surface area contributed by atoms with Gasteiger partial charge in [0.05, 0.1) is 5.69 Å². The third kappa shape index (κ3) is 4.02. The maximum absolute atomic E-state index is 12.6. The van der Waals surface area contributed by atoms with Crippen molar-refractivity contribution in [3.63, 3.8) is 0 Å². The molecule has 1 aliphatic heterocycles. The van der Waals surface area contributed by atoms with Crippen molar-refractivity contribution in [1.29, 1.82) is 0 Å². The first-order chi connectivity index (χ1) is 12.1. The molecule has 0 unspecified atom stereocenters. The molecular weight excluding hydrogens is 316 g/mol. The van der Waals surface area contributed by atoms with E-state index in [4.69, 9.17) is 0 Å². The lowest BCUT2D eigenvalue weighted by atomic mass is 9.99. The highest BCUT2D eigenvalue weighted by Gasteiger charge is 2.24. The smallest absolute Gasteiger partial charge is 0.323 e. The van der Waals surface area contributed by atoms with E-state index >= 15 is 0 Å². The number of urea groups is 1. The number of carbonyl (C=O) groups is 1. The summed E-state index contributed by atoms with van der Waals surface area (Å²) < 4.78 is 1.84. The molecule has 6 nitrogen and oxygen atoms in total. The number of hydrogen-bond acceptors (Lipinski definition) is 3. The van der Waals surface area contributed by atoms with E-state index in [-0.39, 0.29) is 24.6 Å². The molecule has 2 amide bonds. The van der Waals surface area contributed by atoms with Crippen LogP contribution in [-0.2, 0) is 0 Å². The van der Waals surface area contributed by atoms with Crippen molar-refractivity contribution in [1.82, 2.24) is 14.7 Å². The summed E-state index contributed by atoms with van der Waals surface area (Å²) in [6.07, 6.45) is 1.90. The Bertz CT molecular complexity index is 711. The van der Waals surface area contributed by atoms with Gasteiger partial charge in [-0.2, -0.15) is 5.10 Å². The van der Waals surface area contributed by atoms with Crippen LogP contribution in [0.15, 0.2) is 36.4 Å². The molecular formula is C19H26N4O2. The minimum atomic E-state index is -0.125. The summed E-state index contributed by atoms with van der Waals surface area (Å²) in [5, 5.41) is 17.0. The van der Waals surface area contributed by atoms with Crippen LogP contribution in [0.1, 0.15) is 32.7 Å². The van der Waals surface area contributed by atoms with Gasteiger partial charge in [0.2, 0.25) is 0 Å². The maximum Gasteiger partial charge on any atom is 0.323 e. The van der Waals surface area contributed by atoms with Crippen molar-refractivity contribution < 1.29 is 9.90 Å². The first-order valence-corrected chi connectivity index (χ1v) is 8.90. The van der Waals surface area contributed by atoms with Crippen LogP contribution < -0.4 is 5.32 Å². The van der Waals surface area contributed by atoms with Crippen LogP contribution in [0.5, 0.6) is 0 Å². The average Bonchev–Trinajstić information content (AvgIpc) is 3.06. The molecule has 6 heteroatoms. The van der Waals surface area contributed by atoms with Gasteiger partial charge in [0.25, 0.3) is 0 Å². The number of likely N-dealkylation sites (tertiary alicyclic amines) is 1. The molecule has 2 aromatic rings. The van der Waals surface area contributed by atoms with E-state index in [2.05, 4.69) is 10.4 Å². The molecule has 0 saturated carbocycles. The fourth-order valence-electron chi connectivity index (χ4n) is 3.22. The third-order valence-corrected chi connectivity index (χ3v) is 4.59. The van der Waals surface area contributed by atoms with E-state index in [1.807, 2.05) is 54.9 Å².